The van der Waals surface area contributed by atoms with Crippen molar-refractivity contribution in [1.82, 2.24) is 5.32 Å². The van der Waals surface area contributed by atoms with E-state index in [2.05, 4.69) is 36.6 Å². The lowest BCUT2D eigenvalue weighted by atomic mass is 9.80. The lowest BCUT2D eigenvalue weighted by Crippen LogP contribution is -2.33. The smallest absolute Gasteiger partial charge is 0.0302 e. The quantitative estimate of drug-likeness (QED) is 0.852. The Balaban J connectivity index is 1.45. The van der Waals surface area contributed by atoms with Gasteiger partial charge in [0.15, 0.2) is 0 Å². The van der Waals surface area contributed by atoms with Gasteiger partial charge in [0.25, 0.3) is 0 Å². The first-order chi connectivity index (χ1) is 9.22. The molecule has 0 unspecified atom stereocenters. The number of rotatable bonds is 4. The first-order valence-electron chi connectivity index (χ1n) is 8.06. The standard InChI is InChI=1S/C17H27NS/c1-12(2)13-6-8-15(9-7-13)18-11-16-10-14-4-3-5-17(14)19-16/h10,12-13,15,18H,3-9,11H2,1-2H3. The van der Waals surface area contributed by atoms with Crippen molar-refractivity contribution in [3.8, 4) is 0 Å². The van der Waals surface area contributed by atoms with Crippen molar-refractivity contribution in [2.24, 2.45) is 11.8 Å². The van der Waals surface area contributed by atoms with E-state index in [1.165, 1.54) is 44.9 Å². The molecule has 1 N–H and O–H groups in total. The van der Waals surface area contributed by atoms with E-state index in [1.807, 2.05) is 0 Å². The monoisotopic (exact) mass is 277 g/mol. The van der Waals surface area contributed by atoms with Crippen LogP contribution in [-0.4, -0.2) is 6.04 Å². The molecule has 2 heteroatoms. The average Bonchev–Trinajstić information content (AvgIpc) is 2.97. The van der Waals surface area contributed by atoms with Crippen molar-refractivity contribution in [3.63, 3.8) is 0 Å². The van der Waals surface area contributed by atoms with E-state index in [4.69, 9.17) is 0 Å². The van der Waals surface area contributed by atoms with Crippen molar-refractivity contribution in [2.45, 2.75) is 71.4 Å². The van der Waals surface area contributed by atoms with Crippen molar-refractivity contribution >= 4 is 11.3 Å². The Morgan fingerprint density at radius 2 is 2.00 bits per heavy atom. The average molecular weight is 277 g/mol. The Bertz CT molecular complexity index is 391. The molecule has 1 aromatic rings. The minimum absolute atomic E-state index is 0.770. The molecule has 0 amide bonds. The Hall–Kier alpha value is -0.340. The van der Waals surface area contributed by atoms with E-state index < -0.39 is 0 Å². The van der Waals surface area contributed by atoms with Gasteiger partial charge in [-0.1, -0.05) is 13.8 Å². The SMILES string of the molecule is CC(C)C1CCC(NCc2cc3c(s2)CCC3)CC1. The number of nitrogens with one attached hydrogen (secondary N) is 1. The van der Waals surface area contributed by atoms with Crippen LogP contribution < -0.4 is 5.32 Å². The molecule has 0 radical (unpaired) electrons. The fourth-order valence-electron chi connectivity index (χ4n) is 3.71. The van der Waals surface area contributed by atoms with Crippen LogP contribution in [0.3, 0.4) is 0 Å². The topological polar surface area (TPSA) is 12.0 Å². The molecular weight excluding hydrogens is 250 g/mol. The molecule has 0 saturated heterocycles. The molecule has 0 aromatic carbocycles. The summed E-state index contributed by atoms with van der Waals surface area (Å²) in [7, 11) is 0. The normalized spacial score (nSPS) is 26.9. The fourth-order valence-corrected chi connectivity index (χ4v) is 4.92. The molecule has 0 atom stereocenters. The molecule has 19 heavy (non-hydrogen) atoms. The molecular formula is C17H27NS. The lowest BCUT2D eigenvalue weighted by Gasteiger charge is -2.31. The maximum Gasteiger partial charge on any atom is 0.0302 e. The fraction of sp³-hybridized carbons (Fsp3) is 0.765. The maximum atomic E-state index is 3.80. The second-order valence-corrected chi connectivity index (χ2v) is 7.97. The van der Waals surface area contributed by atoms with Crippen LogP contribution >= 0.6 is 11.3 Å². The van der Waals surface area contributed by atoms with E-state index in [0.29, 0.717) is 0 Å². The first-order valence-corrected chi connectivity index (χ1v) is 8.88. The zero-order valence-corrected chi connectivity index (χ0v) is 13.2. The van der Waals surface area contributed by atoms with Gasteiger partial charge in [-0.3, -0.25) is 0 Å². The highest BCUT2D eigenvalue weighted by atomic mass is 32.1. The number of thiophene rings is 1. The van der Waals surface area contributed by atoms with Crippen LogP contribution in [0.2, 0.25) is 0 Å². The second-order valence-electron chi connectivity index (χ2n) is 6.75. The molecule has 1 saturated carbocycles. The minimum Gasteiger partial charge on any atom is -0.309 e. The number of aryl methyl sites for hydroxylation is 2. The second kappa shape index (κ2) is 5.97. The molecule has 2 aliphatic carbocycles. The van der Waals surface area contributed by atoms with Crippen LogP contribution in [0.25, 0.3) is 0 Å². The van der Waals surface area contributed by atoms with Crippen molar-refractivity contribution in [3.05, 3.63) is 21.4 Å². The van der Waals surface area contributed by atoms with E-state index in [0.717, 1.165) is 24.4 Å². The van der Waals surface area contributed by atoms with Gasteiger partial charge >= 0.3 is 0 Å². The highest BCUT2D eigenvalue weighted by Crippen LogP contribution is 2.32. The zero-order chi connectivity index (χ0) is 13.2. The largest absolute Gasteiger partial charge is 0.309 e. The maximum absolute atomic E-state index is 3.80. The molecule has 106 valence electrons. The summed E-state index contributed by atoms with van der Waals surface area (Å²) in [6.07, 6.45) is 9.66. The third-order valence-electron chi connectivity index (χ3n) is 5.08. The van der Waals surface area contributed by atoms with E-state index in [9.17, 15) is 0 Å². The summed E-state index contributed by atoms with van der Waals surface area (Å²) in [6, 6.07) is 3.23. The Morgan fingerprint density at radius 1 is 1.21 bits per heavy atom. The molecule has 1 heterocycles. The van der Waals surface area contributed by atoms with Crippen LogP contribution in [0.15, 0.2) is 6.07 Å². The molecule has 1 aromatic heterocycles. The summed E-state index contributed by atoms with van der Waals surface area (Å²) in [5.41, 5.74) is 1.64. The van der Waals surface area contributed by atoms with Gasteiger partial charge in [0, 0.05) is 22.3 Å². The summed E-state index contributed by atoms with van der Waals surface area (Å²) in [4.78, 5) is 3.23. The van der Waals surface area contributed by atoms with Gasteiger partial charge < -0.3 is 5.32 Å². The predicted octanol–water partition coefficient (Wildman–Crippen LogP) is 4.54. The minimum atomic E-state index is 0.770. The zero-order valence-electron chi connectivity index (χ0n) is 12.4. The highest BCUT2D eigenvalue weighted by Gasteiger charge is 2.23. The number of fused-ring (bicyclic) bond motifs is 1. The Kier molecular flexibility index (Phi) is 4.28. The van der Waals surface area contributed by atoms with Crippen LogP contribution in [0.5, 0.6) is 0 Å². The molecule has 0 spiro atoms. The summed E-state index contributed by atoms with van der Waals surface area (Å²) in [5.74, 6) is 1.85. The number of hydrogen-bond acceptors (Lipinski definition) is 2. The Labute approximate surface area is 121 Å². The van der Waals surface area contributed by atoms with Gasteiger partial charge in [-0.2, -0.15) is 0 Å². The lowest BCUT2D eigenvalue weighted by molar-refractivity contribution is 0.238. The summed E-state index contributed by atoms with van der Waals surface area (Å²) < 4.78 is 0. The first kappa shape index (κ1) is 13.6. The van der Waals surface area contributed by atoms with E-state index in [1.54, 1.807) is 15.3 Å². The van der Waals surface area contributed by atoms with Crippen molar-refractivity contribution < 1.29 is 0 Å². The van der Waals surface area contributed by atoms with E-state index in [-0.39, 0.29) is 0 Å². The summed E-state index contributed by atoms with van der Waals surface area (Å²) in [6.45, 7) is 5.87. The van der Waals surface area contributed by atoms with Crippen LogP contribution in [0.1, 0.15) is 61.3 Å². The third kappa shape index (κ3) is 3.22. The van der Waals surface area contributed by atoms with E-state index >= 15 is 0 Å². The number of hydrogen-bond donors (Lipinski definition) is 1. The molecule has 0 aliphatic heterocycles. The molecule has 1 nitrogen and oxygen atoms in total. The predicted molar refractivity (Wildman–Crippen MR) is 83.8 cm³/mol. The summed E-state index contributed by atoms with van der Waals surface area (Å²) >= 11 is 2.05. The van der Waals surface area contributed by atoms with Gasteiger partial charge in [0.05, 0.1) is 0 Å². The molecule has 3 rings (SSSR count). The summed E-state index contributed by atoms with van der Waals surface area (Å²) in [5, 5.41) is 3.80. The van der Waals surface area contributed by atoms with Gasteiger partial charge in [0.1, 0.15) is 0 Å². The van der Waals surface area contributed by atoms with Gasteiger partial charge in [-0.05, 0) is 68.4 Å². The van der Waals surface area contributed by atoms with Crippen LogP contribution in [0.4, 0.5) is 0 Å². The van der Waals surface area contributed by atoms with Crippen LogP contribution in [0, 0.1) is 11.8 Å². The molecule has 1 fully saturated rings. The van der Waals surface area contributed by atoms with Crippen molar-refractivity contribution in [2.75, 3.05) is 0 Å². The molecule has 0 bridgehead atoms. The van der Waals surface area contributed by atoms with Gasteiger partial charge in [-0.15, -0.1) is 11.3 Å². The Morgan fingerprint density at radius 3 is 2.68 bits per heavy atom. The van der Waals surface area contributed by atoms with Crippen LogP contribution in [-0.2, 0) is 19.4 Å². The van der Waals surface area contributed by atoms with Crippen molar-refractivity contribution in [1.29, 1.82) is 0 Å². The van der Waals surface area contributed by atoms with Gasteiger partial charge in [-0.25, -0.2) is 0 Å². The molecule has 2 aliphatic rings. The van der Waals surface area contributed by atoms with Gasteiger partial charge in [0.2, 0.25) is 0 Å². The highest BCUT2D eigenvalue weighted by molar-refractivity contribution is 7.12. The third-order valence-corrected chi connectivity index (χ3v) is 6.31.